The second kappa shape index (κ2) is 12.9. The molecule has 2 N–H and O–H groups in total. The van der Waals surface area contributed by atoms with Crippen molar-refractivity contribution >= 4 is 17.7 Å². The molecule has 0 aliphatic heterocycles. The van der Waals surface area contributed by atoms with Crippen molar-refractivity contribution in [3.05, 3.63) is 70.4 Å². The summed E-state index contributed by atoms with van der Waals surface area (Å²) in [6.45, 7) is 4.88. The number of carbonyl (C=O) groups is 2. The van der Waals surface area contributed by atoms with Crippen molar-refractivity contribution in [3.63, 3.8) is 0 Å². The van der Waals surface area contributed by atoms with E-state index in [0.29, 0.717) is 37.2 Å². The van der Waals surface area contributed by atoms with Crippen molar-refractivity contribution in [2.75, 3.05) is 11.4 Å². The molecule has 0 bridgehead atoms. The summed E-state index contributed by atoms with van der Waals surface area (Å²) >= 11 is 0. The average Bonchev–Trinajstić information content (AvgIpc) is 3.32. The van der Waals surface area contributed by atoms with Crippen LogP contribution in [0, 0.1) is 5.92 Å². The van der Waals surface area contributed by atoms with Crippen molar-refractivity contribution in [1.29, 1.82) is 0 Å². The summed E-state index contributed by atoms with van der Waals surface area (Å²) in [5, 5.41) is 19.7. The predicted molar refractivity (Wildman–Crippen MR) is 134 cm³/mol. The fourth-order valence-corrected chi connectivity index (χ4v) is 3.70. The third-order valence-electron chi connectivity index (χ3n) is 5.46. The van der Waals surface area contributed by atoms with Gasteiger partial charge in [-0.05, 0) is 42.5 Å². The minimum Gasteiger partial charge on any atom is -0.465 e. The molecule has 3 aromatic rings. The molecule has 11 nitrogen and oxygen atoms in total. The number of amides is 2. The second-order valence-corrected chi connectivity index (χ2v) is 9.16. The summed E-state index contributed by atoms with van der Waals surface area (Å²) in [5.74, 6) is -0.819. The Morgan fingerprint density at radius 2 is 1.90 bits per heavy atom. The largest absolute Gasteiger partial charge is 0.573 e. The number of rotatable bonds is 12. The molecule has 2 amide bonds. The number of aryl methyl sites for hydroxylation is 2. The zero-order valence-electron chi connectivity index (χ0n) is 21.4. The number of aromatic nitrogens is 4. The van der Waals surface area contributed by atoms with E-state index in [0.717, 1.165) is 11.0 Å². The number of hydrogen-bond donors (Lipinski definition) is 2. The molecule has 0 saturated heterocycles. The van der Waals surface area contributed by atoms with Crippen LogP contribution < -0.4 is 20.5 Å². The van der Waals surface area contributed by atoms with Gasteiger partial charge in [0.1, 0.15) is 5.75 Å². The van der Waals surface area contributed by atoms with Crippen LogP contribution in [-0.4, -0.2) is 49.6 Å². The zero-order chi connectivity index (χ0) is 28.6. The lowest BCUT2D eigenvalue weighted by molar-refractivity contribution is -0.274. The van der Waals surface area contributed by atoms with Crippen LogP contribution in [0.4, 0.5) is 23.7 Å². The summed E-state index contributed by atoms with van der Waals surface area (Å²) in [5.41, 5.74) is 0.483. The first-order valence-corrected chi connectivity index (χ1v) is 12.2. The maximum Gasteiger partial charge on any atom is 0.573 e. The van der Waals surface area contributed by atoms with Gasteiger partial charge >= 0.3 is 12.5 Å². The van der Waals surface area contributed by atoms with Crippen LogP contribution in [0.1, 0.15) is 42.7 Å². The number of benzene rings is 1. The number of carbonyl (C=O) groups excluding carboxylic acids is 1. The average molecular weight is 551 g/mol. The Kier molecular flexibility index (Phi) is 9.68. The van der Waals surface area contributed by atoms with Gasteiger partial charge in [-0.3, -0.25) is 19.2 Å². The smallest absolute Gasteiger partial charge is 0.465 e. The van der Waals surface area contributed by atoms with Crippen LogP contribution >= 0.6 is 0 Å². The Labute approximate surface area is 221 Å². The molecule has 39 heavy (non-hydrogen) atoms. The number of unbranched alkanes of at least 4 members (excludes halogenated alkanes) is 1. The van der Waals surface area contributed by atoms with Gasteiger partial charge in [-0.1, -0.05) is 31.2 Å². The Hall–Kier alpha value is -4.36. The van der Waals surface area contributed by atoms with E-state index in [-0.39, 0.29) is 36.0 Å². The fourth-order valence-electron chi connectivity index (χ4n) is 3.70. The monoisotopic (exact) mass is 550 g/mol. The van der Waals surface area contributed by atoms with Gasteiger partial charge in [-0.2, -0.15) is 0 Å². The molecule has 3 rings (SSSR count). The van der Waals surface area contributed by atoms with Gasteiger partial charge < -0.3 is 19.7 Å². The highest BCUT2D eigenvalue weighted by Gasteiger charge is 2.31. The number of pyridine rings is 1. The van der Waals surface area contributed by atoms with E-state index < -0.39 is 18.4 Å². The number of halogens is 3. The topological polar surface area (TPSA) is 132 Å². The van der Waals surface area contributed by atoms with Crippen molar-refractivity contribution in [2.45, 2.75) is 52.7 Å². The number of alkyl halides is 3. The molecule has 2 heterocycles. The normalized spacial score (nSPS) is 11.4. The Morgan fingerprint density at radius 3 is 2.56 bits per heavy atom. The van der Waals surface area contributed by atoms with Crippen molar-refractivity contribution in [3.8, 4) is 5.75 Å². The van der Waals surface area contributed by atoms with Gasteiger partial charge in [0.15, 0.2) is 5.69 Å². The molecule has 0 fully saturated rings. The molecule has 14 heteroatoms. The van der Waals surface area contributed by atoms with Crippen molar-refractivity contribution in [1.82, 2.24) is 24.9 Å². The number of ether oxygens (including phenoxy) is 1. The first-order valence-electron chi connectivity index (χ1n) is 12.2. The highest BCUT2D eigenvalue weighted by atomic mass is 19.4. The minimum atomic E-state index is -4.81. The molecule has 0 aliphatic carbocycles. The lowest BCUT2D eigenvalue weighted by Gasteiger charge is -2.21. The van der Waals surface area contributed by atoms with Gasteiger partial charge in [0.25, 0.3) is 11.5 Å². The number of hydrogen-bond acceptors (Lipinski definition) is 6. The number of nitrogens with zero attached hydrogens (tertiary/aromatic N) is 5. The molecule has 210 valence electrons. The van der Waals surface area contributed by atoms with Crippen LogP contribution in [0.2, 0.25) is 0 Å². The molecule has 0 atom stereocenters. The van der Waals surface area contributed by atoms with Crippen molar-refractivity contribution < 1.29 is 32.6 Å². The van der Waals surface area contributed by atoms with Crippen LogP contribution in [-0.2, 0) is 19.6 Å². The SMILES string of the molecule is CC(C)CN(C(=O)O)c1ccn(CCCCn2cc(C(=O)NCc3cccc(OC(F)(F)F)c3)nn2)c(=O)c1. The molecule has 0 spiro atoms. The predicted octanol–water partition coefficient (Wildman–Crippen LogP) is 3.89. The van der Waals surface area contributed by atoms with Crippen LogP contribution in [0.25, 0.3) is 0 Å². The van der Waals surface area contributed by atoms with Gasteiger partial charge in [-0.25, -0.2) is 4.79 Å². The molecular weight excluding hydrogens is 521 g/mol. The first kappa shape index (κ1) is 29.2. The zero-order valence-corrected chi connectivity index (χ0v) is 21.4. The van der Waals surface area contributed by atoms with E-state index in [4.69, 9.17) is 0 Å². The van der Waals surface area contributed by atoms with Crippen LogP contribution in [0.15, 0.2) is 53.6 Å². The molecule has 2 aromatic heterocycles. The molecule has 0 saturated carbocycles. The Balaban J connectivity index is 1.46. The fraction of sp³-hybridized carbons (Fsp3) is 0.400. The second-order valence-electron chi connectivity index (χ2n) is 9.16. The summed E-state index contributed by atoms with van der Waals surface area (Å²) in [7, 11) is 0. The Bertz CT molecular complexity index is 1340. The summed E-state index contributed by atoms with van der Waals surface area (Å²) in [4.78, 5) is 37.5. The lowest BCUT2D eigenvalue weighted by Crippen LogP contribution is -2.34. The van der Waals surface area contributed by atoms with Gasteiger partial charge in [0.2, 0.25) is 0 Å². The van der Waals surface area contributed by atoms with E-state index in [9.17, 15) is 32.7 Å². The van der Waals surface area contributed by atoms with E-state index in [2.05, 4.69) is 20.4 Å². The molecule has 0 unspecified atom stereocenters. The lowest BCUT2D eigenvalue weighted by atomic mass is 10.2. The molecular formula is C25H29F3N6O5. The summed E-state index contributed by atoms with van der Waals surface area (Å²) in [6, 6.07) is 8.18. The highest BCUT2D eigenvalue weighted by molar-refractivity contribution is 5.91. The third-order valence-corrected chi connectivity index (χ3v) is 5.46. The number of carboxylic acid groups (broad SMARTS) is 1. The van der Waals surface area contributed by atoms with Crippen LogP contribution in [0.3, 0.4) is 0 Å². The quantitative estimate of drug-likeness (QED) is 0.327. The molecule has 1 aromatic carbocycles. The number of anilines is 1. The van der Waals surface area contributed by atoms with Crippen LogP contribution in [0.5, 0.6) is 5.75 Å². The van der Waals surface area contributed by atoms with E-state index >= 15 is 0 Å². The number of nitrogens with one attached hydrogen (secondary N) is 1. The van der Waals surface area contributed by atoms with E-state index in [1.165, 1.54) is 33.6 Å². The molecule has 0 aliphatic rings. The summed E-state index contributed by atoms with van der Waals surface area (Å²) < 4.78 is 44.0. The van der Waals surface area contributed by atoms with Gasteiger partial charge in [-0.15, -0.1) is 18.3 Å². The maximum atomic E-state index is 12.5. The third kappa shape index (κ3) is 9.16. The standard InChI is InChI=1S/C25H29F3N6O5/c1-17(2)15-34(24(37)38)19-8-11-32(22(35)13-19)9-3-4-10-33-16-21(30-31-33)23(36)29-14-18-6-5-7-20(12-18)39-25(26,27)28/h5-8,11-13,16-17H,3-4,9-10,14-15H2,1-2H3,(H,29,36)(H,37,38). The molecule has 0 radical (unpaired) electrons. The van der Waals surface area contributed by atoms with Gasteiger partial charge in [0.05, 0.1) is 11.9 Å². The Morgan fingerprint density at radius 1 is 1.15 bits per heavy atom. The van der Waals surface area contributed by atoms with E-state index in [1.807, 2.05) is 13.8 Å². The first-order chi connectivity index (χ1) is 18.4. The summed E-state index contributed by atoms with van der Waals surface area (Å²) in [6.07, 6.45) is -1.67. The maximum absolute atomic E-state index is 12.5. The highest BCUT2D eigenvalue weighted by Crippen LogP contribution is 2.23. The minimum absolute atomic E-state index is 0.0318. The van der Waals surface area contributed by atoms with Gasteiger partial charge in [0, 0.05) is 38.4 Å². The van der Waals surface area contributed by atoms with E-state index in [1.54, 1.807) is 18.3 Å². The van der Waals surface area contributed by atoms with Crippen molar-refractivity contribution in [2.24, 2.45) is 5.92 Å².